The minimum atomic E-state index is -2.57. The lowest BCUT2D eigenvalue weighted by Crippen LogP contribution is -2.49. The molecule has 2 rings (SSSR count). The van der Waals surface area contributed by atoms with E-state index in [1.54, 1.807) is 42.7 Å². The molecule has 13 heteroatoms. The van der Waals surface area contributed by atoms with Crippen molar-refractivity contribution >= 4 is 70.7 Å². The smallest absolute Gasteiger partial charge is 0.390 e. The molecular formula is C38H74O7Si6. The van der Waals surface area contributed by atoms with Gasteiger partial charge in [0.25, 0.3) is 0 Å². The van der Waals surface area contributed by atoms with Gasteiger partial charge in [0.05, 0.1) is 37.9 Å². The highest BCUT2D eigenvalue weighted by molar-refractivity contribution is 6.92. The van der Waals surface area contributed by atoms with Crippen LogP contribution in [0, 0.1) is 0 Å². The van der Waals surface area contributed by atoms with Crippen LogP contribution < -0.4 is 20.7 Å². The Bertz CT molecular complexity index is 1190. The maximum Gasteiger partial charge on any atom is 0.499 e. The second kappa shape index (κ2) is 19.4. The normalized spacial score (nSPS) is 14.0. The molecule has 0 aromatic heterocycles. The highest BCUT2D eigenvalue weighted by Crippen LogP contribution is 2.27. The van der Waals surface area contributed by atoms with Crippen LogP contribution >= 0.6 is 0 Å². The van der Waals surface area contributed by atoms with Gasteiger partial charge in [-0.05, 0) is 31.9 Å². The van der Waals surface area contributed by atoms with Crippen molar-refractivity contribution in [2.45, 2.75) is 127 Å². The lowest BCUT2D eigenvalue weighted by molar-refractivity contribution is 0.0404. The number of hydrogen-bond donors (Lipinski definition) is 1. The summed E-state index contributed by atoms with van der Waals surface area (Å²) in [5.41, 5.74) is -0.621. The van der Waals surface area contributed by atoms with Crippen LogP contribution in [-0.2, 0) is 26.6 Å². The first-order valence-electron chi connectivity index (χ1n) is 18.9. The summed E-state index contributed by atoms with van der Waals surface area (Å²) in [4.78, 5) is 0. The second-order valence-corrected chi connectivity index (χ2v) is 43.0. The first-order chi connectivity index (χ1) is 23.6. The zero-order chi connectivity index (χ0) is 38.8. The Labute approximate surface area is 318 Å². The van der Waals surface area contributed by atoms with Gasteiger partial charge in [-0.25, -0.2) is 0 Å². The molecule has 0 saturated carbocycles. The van der Waals surface area contributed by atoms with Crippen LogP contribution in [0.4, 0.5) is 0 Å². The molecule has 2 aromatic rings. The summed E-state index contributed by atoms with van der Waals surface area (Å²) in [5.74, 6) is 0. The average Bonchev–Trinajstić information content (AvgIpc) is 3.09. The number of hydrogen-bond acceptors (Lipinski definition) is 7. The molecule has 0 saturated heterocycles. The molecule has 7 nitrogen and oxygen atoms in total. The lowest BCUT2D eigenvalue weighted by atomic mass is 9.95. The average molecular weight is 812 g/mol. The Morgan fingerprint density at radius 2 is 0.627 bits per heavy atom. The van der Waals surface area contributed by atoms with Gasteiger partial charge >= 0.3 is 17.6 Å². The third kappa shape index (κ3) is 13.3. The van der Waals surface area contributed by atoms with Gasteiger partial charge in [-0.2, -0.15) is 0 Å². The SMILES string of the molecule is CO[Si](CC[Si](C)(C)c1ccc([Si](C)(C)CCCC(C)(O)CCC[Si](C)(C)c2ccc([Si](C)(C)CC[Si](OC)(OC)OC)cc2)cc1)(OC)OC. The number of rotatable bonds is 24. The third-order valence-electron chi connectivity index (χ3n) is 11.9. The van der Waals surface area contributed by atoms with Gasteiger partial charge < -0.3 is 31.7 Å². The van der Waals surface area contributed by atoms with E-state index in [1.807, 2.05) is 0 Å². The summed E-state index contributed by atoms with van der Waals surface area (Å²) in [7, 11) is -1.54. The van der Waals surface area contributed by atoms with E-state index in [9.17, 15) is 5.11 Å². The third-order valence-corrected chi connectivity index (χ3v) is 32.2. The van der Waals surface area contributed by atoms with Crippen molar-refractivity contribution in [1.82, 2.24) is 0 Å². The van der Waals surface area contributed by atoms with Crippen LogP contribution in [0.5, 0.6) is 0 Å². The monoisotopic (exact) mass is 810 g/mol. The number of aliphatic hydroxyl groups is 1. The van der Waals surface area contributed by atoms with Crippen LogP contribution in [-0.4, -0.2) is 103 Å². The van der Waals surface area contributed by atoms with Crippen molar-refractivity contribution in [3.05, 3.63) is 48.5 Å². The molecule has 0 amide bonds. The Kier molecular flexibility index (Phi) is 17.7. The van der Waals surface area contributed by atoms with Crippen LogP contribution in [0.1, 0.15) is 32.6 Å². The highest BCUT2D eigenvalue weighted by atomic mass is 28.4. The molecule has 1 N–H and O–H groups in total. The molecule has 0 aliphatic rings. The summed E-state index contributed by atoms with van der Waals surface area (Å²) >= 11 is 0. The van der Waals surface area contributed by atoms with Crippen molar-refractivity contribution in [3.8, 4) is 0 Å². The summed E-state index contributed by atoms with van der Waals surface area (Å²) in [6, 6.07) is 25.3. The molecular weight excluding hydrogens is 737 g/mol. The standard InChI is InChI=1S/C38H74O7Si6/c1-38(39,26-16-28-46(8,9)34-18-22-36(23-19-34)48(12,13)30-32-50(40-2,41-3)42-4)27-17-29-47(10,11)35-20-24-37(25-21-35)49(14,15)31-33-51(43-5,44-6)45-7/h18-25,39H,16-17,26-33H2,1-15H3. The van der Waals surface area contributed by atoms with Gasteiger partial charge in [-0.15, -0.1) is 0 Å². The topological polar surface area (TPSA) is 75.6 Å². The van der Waals surface area contributed by atoms with Crippen molar-refractivity contribution in [3.63, 3.8) is 0 Å². The van der Waals surface area contributed by atoms with Crippen molar-refractivity contribution < 1.29 is 31.7 Å². The minimum Gasteiger partial charge on any atom is -0.390 e. The van der Waals surface area contributed by atoms with Gasteiger partial charge in [0, 0.05) is 54.7 Å². The van der Waals surface area contributed by atoms with Crippen LogP contribution in [0.25, 0.3) is 0 Å². The molecule has 0 bridgehead atoms. The first kappa shape index (κ1) is 46.6. The van der Waals surface area contributed by atoms with Gasteiger partial charge in [0.2, 0.25) is 0 Å². The molecule has 0 radical (unpaired) electrons. The molecule has 0 atom stereocenters. The maximum atomic E-state index is 11.4. The highest BCUT2D eigenvalue weighted by Gasteiger charge is 2.41. The van der Waals surface area contributed by atoms with Crippen LogP contribution in [0.15, 0.2) is 48.5 Å². The summed E-state index contributed by atoms with van der Waals surface area (Å²) < 4.78 is 34.1. The fraction of sp³-hybridized carbons (Fsp3) is 0.684. The molecule has 0 aliphatic heterocycles. The fourth-order valence-electron chi connectivity index (χ4n) is 7.31. The molecule has 0 heterocycles. The van der Waals surface area contributed by atoms with E-state index in [1.165, 1.54) is 32.8 Å². The Hall–Kier alpha value is -0.539. The minimum absolute atomic E-state index is 0.621. The van der Waals surface area contributed by atoms with E-state index in [0.717, 1.165) is 49.9 Å². The van der Waals surface area contributed by atoms with Gasteiger partial charge in [-0.3, -0.25) is 0 Å². The molecule has 292 valence electrons. The van der Waals surface area contributed by atoms with Crippen molar-refractivity contribution in [1.29, 1.82) is 0 Å². The summed E-state index contributed by atoms with van der Waals surface area (Å²) in [6.45, 7) is 21.7. The predicted molar refractivity (Wildman–Crippen MR) is 233 cm³/mol. The van der Waals surface area contributed by atoms with E-state index >= 15 is 0 Å². The van der Waals surface area contributed by atoms with E-state index in [4.69, 9.17) is 26.6 Å². The van der Waals surface area contributed by atoms with Crippen molar-refractivity contribution in [2.75, 3.05) is 42.7 Å². The zero-order valence-corrected chi connectivity index (χ0v) is 41.1. The Balaban J connectivity index is 1.91. The largest absolute Gasteiger partial charge is 0.499 e. The zero-order valence-electron chi connectivity index (χ0n) is 35.1. The van der Waals surface area contributed by atoms with E-state index in [-0.39, 0.29) is 0 Å². The van der Waals surface area contributed by atoms with Gasteiger partial charge in [0.1, 0.15) is 0 Å². The quantitative estimate of drug-likeness (QED) is 0.113. The summed E-state index contributed by atoms with van der Waals surface area (Å²) in [6.07, 6.45) is 3.86. The molecule has 51 heavy (non-hydrogen) atoms. The van der Waals surface area contributed by atoms with E-state index in [0.29, 0.717) is 0 Å². The molecule has 0 spiro atoms. The molecule has 0 aliphatic carbocycles. The Morgan fingerprint density at radius 1 is 0.412 bits per heavy atom. The van der Waals surface area contributed by atoms with E-state index < -0.39 is 55.5 Å². The van der Waals surface area contributed by atoms with Crippen molar-refractivity contribution in [2.24, 2.45) is 0 Å². The molecule has 0 fully saturated rings. The van der Waals surface area contributed by atoms with Gasteiger partial charge in [0.15, 0.2) is 0 Å². The first-order valence-corrected chi connectivity index (χ1v) is 35.6. The Morgan fingerprint density at radius 3 is 0.843 bits per heavy atom. The van der Waals surface area contributed by atoms with Crippen LogP contribution in [0.2, 0.25) is 88.6 Å². The lowest BCUT2D eigenvalue weighted by Gasteiger charge is -2.31. The van der Waals surface area contributed by atoms with Gasteiger partial charge in [-0.1, -0.05) is 147 Å². The summed E-state index contributed by atoms with van der Waals surface area (Å²) in [5, 5.41) is 17.4. The second-order valence-electron chi connectivity index (χ2n) is 17.5. The maximum absolute atomic E-state index is 11.4. The number of benzene rings is 2. The van der Waals surface area contributed by atoms with E-state index in [2.05, 4.69) is 108 Å². The molecule has 2 aromatic carbocycles. The predicted octanol–water partition coefficient (Wildman–Crippen LogP) is 7.12. The molecule has 0 unspecified atom stereocenters. The fourth-order valence-corrected chi connectivity index (χ4v) is 24.5. The van der Waals surface area contributed by atoms with Crippen LogP contribution in [0.3, 0.4) is 0 Å².